The van der Waals surface area contributed by atoms with Crippen LogP contribution in [0.3, 0.4) is 0 Å². The van der Waals surface area contributed by atoms with Crippen molar-refractivity contribution in [3.8, 4) is 0 Å². The van der Waals surface area contributed by atoms with E-state index in [9.17, 15) is 13.2 Å². The number of nitrogens with zero attached hydrogens (tertiary/aromatic N) is 1. The summed E-state index contributed by atoms with van der Waals surface area (Å²) >= 11 is 0. The number of rotatable bonds is 5. The Hall–Kier alpha value is -2.34. The van der Waals surface area contributed by atoms with E-state index in [0.29, 0.717) is 5.69 Å². The zero-order valence-corrected chi connectivity index (χ0v) is 17.0. The van der Waals surface area contributed by atoms with Crippen LogP contribution >= 0.6 is 0 Å². The second-order valence-electron chi connectivity index (χ2n) is 6.94. The van der Waals surface area contributed by atoms with Crippen LogP contribution in [-0.2, 0) is 14.8 Å². The van der Waals surface area contributed by atoms with Gasteiger partial charge in [0.15, 0.2) is 0 Å². The van der Waals surface area contributed by atoms with Crippen LogP contribution < -0.4 is 9.62 Å². The van der Waals surface area contributed by atoms with E-state index in [2.05, 4.69) is 5.32 Å². The van der Waals surface area contributed by atoms with Gasteiger partial charge in [0.05, 0.1) is 11.9 Å². The maximum atomic E-state index is 12.6. The van der Waals surface area contributed by atoms with Gasteiger partial charge in [-0.15, -0.1) is 0 Å². The van der Waals surface area contributed by atoms with Gasteiger partial charge in [0.1, 0.15) is 6.54 Å². The third-order valence-corrected chi connectivity index (χ3v) is 5.26. The molecule has 0 aliphatic carbocycles. The van der Waals surface area contributed by atoms with Gasteiger partial charge in [-0.1, -0.05) is 23.8 Å². The van der Waals surface area contributed by atoms with E-state index < -0.39 is 10.0 Å². The normalized spacial score (nSPS) is 11.3. The van der Waals surface area contributed by atoms with Crippen LogP contribution in [0.15, 0.2) is 30.3 Å². The molecule has 0 spiro atoms. The third kappa shape index (κ3) is 4.85. The lowest BCUT2D eigenvalue weighted by Crippen LogP contribution is -2.37. The van der Waals surface area contributed by atoms with Gasteiger partial charge < -0.3 is 5.32 Å². The molecule has 5 nitrogen and oxygen atoms in total. The lowest BCUT2D eigenvalue weighted by Gasteiger charge is -2.23. The molecule has 0 aromatic heterocycles. The average molecular weight is 375 g/mol. The minimum absolute atomic E-state index is 0.269. The minimum atomic E-state index is -3.59. The fourth-order valence-corrected chi connectivity index (χ4v) is 4.02. The fourth-order valence-electron chi connectivity index (χ4n) is 3.18. The Morgan fingerprint density at radius 3 is 1.81 bits per heavy atom. The Kier molecular flexibility index (Phi) is 5.76. The number of benzene rings is 2. The highest BCUT2D eigenvalue weighted by Crippen LogP contribution is 2.24. The standard InChI is InChI=1S/C20H26N2O3S/c1-13-7-14(2)11-18(10-13)22(26(6,24)25)12-19(23)21-20-16(4)8-15(3)9-17(20)5/h7-11H,12H2,1-6H3,(H,21,23). The monoisotopic (exact) mass is 374 g/mol. The number of nitrogens with one attached hydrogen (secondary N) is 1. The quantitative estimate of drug-likeness (QED) is 0.869. The van der Waals surface area contributed by atoms with Gasteiger partial charge >= 0.3 is 0 Å². The third-order valence-electron chi connectivity index (χ3n) is 4.12. The van der Waals surface area contributed by atoms with Gasteiger partial charge in [0, 0.05) is 5.69 Å². The van der Waals surface area contributed by atoms with Gasteiger partial charge in [-0.3, -0.25) is 9.10 Å². The second kappa shape index (κ2) is 7.50. The molecule has 1 N–H and O–H groups in total. The van der Waals surface area contributed by atoms with Crippen molar-refractivity contribution < 1.29 is 13.2 Å². The fraction of sp³-hybridized carbons (Fsp3) is 0.350. The molecular formula is C20H26N2O3S. The lowest BCUT2D eigenvalue weighted by atomic mass is 10.1. The van der Waals surface area contributed by atoms with Crippen molar-refractivity contribution in [1.82, 2.24) is 0 Å². The van der Waals surface area contributed by atoms with Crippen molar-refractivity contribution in [3.05, 3.63) is 58.1 Å². The molecule has 0 atom stereocenters. The summed E-state index contributed by atoms with van der Waals surface area (Å²) in [6.07, 6.45) is 1.11. The Bertz CT molecular complexity index is 906. The number of aryl methyl sites for hydroxylation is 5. The number of hydrogen-bond acceptors (Lipinski definition) is 3. The summed E-state index contributed by atoms with van der Waals surface area (Å²) in [5.74, 6) is -0.371. The Morgan fingerprint density at radius 1 is 0.885 bits per heavy atom. The predicted octanol–water partition coefficient (Wildman–Crippen LogP) is 3.63. The molecule has 0 aliphatic rings. The van der Waals surface area contributed by atoms with E-state index in [1.807, 2.05) is 52.8 Å². The topological polar surface area (TPSA) is 66.5 Å². The van der Waals surface area contributed by atoms with E-state index in [4.69, 9.17) is 0 Å². The van der Waals surface area contributed by atoms with Gasteiger partial charge in [0.2, 0.25) is 15.9 Å². The van der Waals surface area contributed by atoms with Gasteiger partial charge in [-0.25, -0.2) is 8.42 Å². The molecule has 0 unspecified atom stereocenters. The van der Waals surface area contributed by atoms with Crippen LogP contribution in [0.5, 0.6) is 0 Å². The maximum absolute atomic E-state index is 12.6. The lowest BCUT2D eigenvalue weighted by molar-refractivity contribution is -0.114. The van der Waals surface area contributed by atoms with Crippen molar-refractivity contribution >= 4 is 27.3 Å². The van der Waals surface area contributed by atoms with E-state index in [0.717, 1.165) is 44.1 Å². The molecule has 0 heterocycles. The van der Waals surface area contributed by atoms with Gasteiger partial charge in [-0.05, 0) is 69.0 Å². The highest BCUT2D eigenvalue weighted by Gasteiger charge is 2.22. The van der Waals surface area contributed by atoms with Crippen LogP contribution in [0.4, 0.5) is 11.4 Å². The first-order chi connectivity index (χ1) is 12.0. The summed E-state index contributed by atoms with van der Waals surface area (Å²) in [7, 11) is -3.59. The first kappa shape index (κ1) is 20.0. The number of carbonyl (C=O) groups excluding carboxylic acids is 1. The maximum Gasteiger partial charge on any atom is 0.245 e. The largest absolute Gasteiger partial charge is 0.324 e. The second-order valence-corrected chi connectivity index (χ2v) is 8.84. The number of carbonyl (C=O) groups is 1. The van der Waals surface area contributed by atoms with Gasteiger partial charge in [0.25, 0.3) is 0 Å². The molecule has 26 heavy (non-hydrogen) atoms. The molecule has 0 aliphatic heterocycles. The number of amides is 1. The van der Waals surface area contributed by atoms with Gasteiger partial charge in [-0.2, -0.15) is 0 Å². The SMILES string of the molecule is Cc1cc(C)cc(N(CC(=O)Nc2c(C)cc(C)cc2C)S(C)(=O)=O)c1. The van der Waals surface area contributed by atoms with E-state index >= 15 is 0 Å². The first-order valence-electron chi connectivity index (χ1n) is 8.41. The van der Waals surface area contributed by atoms with E-state index in [1.165, 1.54) is 0 Å². The molecular weight excluding hydrogens is 348 g/mol. The summed E-state index contributed by atoms with van der Waals surface area (Å²) in [6.45, 7) is 9.37. The van der Waals surface area contributed by atoms with Crippen molar-refractivity contribution in [2.75, 3.05) is 22.4 Å². The highest BCUT2D eigenvalue weighted by atomic mass is 32.2. The van der Waals surface area contributed by atoms with E-state index in [-0.39, 0.29) is 12.5 Å². The summed E-state index contributed by atoms with van der Waals surface area (Å²) < 4.78 is 25.7. The predicted molar refractivity (Wildman–Crippen MR) is 107 cm³/mol. The summed E-state index contributed by atoms with van der Waals surface area (Å²) in [5.41, 5.74) is 6.14. The first-order valence-corrected chi connectivity index (χ1v) is 10.3. The Morgan fingerprint density at radius 2 is 1.35 bits per heavy atom. The zero-order chi connectivity index (χ0) is 19.6. The molecule has 0 bridgehead atoms. The molecule has 2 rings (SSSR count). The number of anilines is 2. The van der Waals surface area contributed by atoms with Crippen LogP contribution in [0.2, 0.25) is 0 Å². The van der Waals surface area contributed by atoms with Crippen molar-refractivity contribution in [2.24, 2.45) is 0 Å². The van der Waals surface area contributed by atoms with Crippen LogP contribution in [0, 0.1) is 34.6 Å². The Balaban J connectivity index is 2.31. The molecule has 0 saturated carbocycles. The molecule has 140 valence electrons. The van der Waals surface area contributed by atoms with Crippen molar-refractivity contribution in [2.45, 2.75) is 34.6 Å². The molecule has 1 amide bonds. The Labute approximate surface area is 156 Å². The van der Waals surface area contributed by atoms with Crippen molar-refractivity contribution in [1.29, 1.82) is 0 Å². The van der Waals surface area contributed by atoms with Crippen LogP contribution in [0.1, 0.15) is 27.8 Å². The number of hydrogen-bond donors (Lipinski definition) is 1. The summed E-state index contributed by atoms with van der Waals surface area (Å²) in [5, 5.41) is 2.86. The van der Waals surface area contributed by atoms with Crippen LogP contribution in [-0.4, -0.2) is 27.1 Å². The summed E-state index contributed by atoms with van der Waals surface area (Å²) in [6, 6.07) is 9.47. The van der Waals surface area contributed by atoms with E-state index in [1.54, 1.807) is 12.1 Å². The zero-order valence-electron chi connectivity index (χ0n) is 16.2. The number of sulfonamides is 1. The molecule has 0 radical (unpaired) electrons. The minimum Gasteiger partial charge on any atom is -0.324 e. The highest BCUT2D eigenvalue weighted by molar-refractivity contribution is 7.92. The molecule has 0 saturated heterocycles. The molecule has 6 heteroatoms. The molecule has 0 fully saturated rings. The summed E-state index contributed by atoms with van der Waals surface area (Å²) in [4.78, 5) is 12.6. The average Bonchev–Trinajstić information content (AvgIpc) is 2.46. The van der Waals surface area contributed by atoms with Crippen molar-refractivity contribution in [3.63, 3.8) is 0 Å². The molecule has 2 aromatic rings. The smallest absolute Gasteiger partial charge is 0.245 e. The van der Waals surface area contributed by atoms with Crippen LogP contribution in [0.25, 0.3) is 0 Å². The molecule has 2 aromatic carbocycles.